The third kappa shape index (κ3) is 3.45. The Balaban J connectivity index is 2.22. The lowest BCUT2D eigenvalue weighted by Crippen LogP contribution is -2.31. The highest BCUT2D eigenvalue weighted by Crippen LogP contribution is 2.48. The third-order valence-corrected chi connectivity index (χ3v) is 2.44. The van der Waals surface area contributed by atoms with Crippen molar-refractivity contribution in [2.45, 2.75) is 25.7 Å². The Morgan fingerprint density at radius 3 is 2.64 bits per heavy atom. The summed E-state index contributed by atoms with van der Waals surface area (Å²) in [6.45, 7) is 0.214. The molecule has 1 rings (SSSR count). The first kappa shape index (κ1) is 11.2. The fourth-order valence-electron chi connectivity index (χ4n) is 1.46. The van der Waals surface area contributed by atoms with Gasteiger partial charge in [0.2, 0.25) is 0 Å². The van der Waals surface area contributed by atoms with E-state index in [2.05, 4.69) is 10.5 Å². The number of amidine groups is 1. The second-order valence-electron chi connectivity index (χ2n) is 3.79. The molecule has 1 fully saturated rings. The molecular formula is C8H15F2N3O. The predicted octanol–water partition coefficient (Wildman–Crippen LogP) is 0.758. The minimum Gasteiger partial charge on any atom is -0.409 e. The predicted molar refractivity (Wildman–Crippen MR) is 48.6 cm³/mol. The highest BCUT2D eigenvalue weighted by atomic mass is 19.3. The van der Waals surface area contributed by atoms with Crippen LogP contribution in [0.5, 0.6) is 0 Å². The van der Waals surface area contributed by atoms with Crippen LogP contribution in [0.3, 0.4) is 0 Å². The number of alkyl halides is 2. The number of oxime groups is 1. The summed E-state index contributed by atoms with van der Waals surface area (Å²) < 4.78 is 23.6. The van der Waals surface area contributed by atoms with E-state index in [1.165, 1.54) is 0 Å². The van der Waals surface area contributed by atoms with E-state index in [1.54, 1.807) is 0 Å². The Bertz CT molecular complexity index is 217. The summed E-state index contributed by atoms with van der Waals surface area (Å²) in [6, 6.07) is 0. The van der Waals surface area contributed by atoms with Crippen molar-refractivity contribution in [1.29, 1.82) is 0 Å². The van der Waals surface area contributed by atoms with E-state index in [9.17, 15) is 8.78 Å². The zero-order valence-electron chi connectivity index (χ0n) is 7.84. The van der Waals surface area contributed by atoms with Crippen molar-refractivity contribution in [2.24, 2.45) is 16.3 Å². The van der Waals surface area contributed by atoms with Gasteiger partial charge in [0.25, 0.3) is 6.43 Å². The van der Waals surface area contributed by atoms with Gasteiger partial charge >= 0.3 is 0 Å². The van der Waals surface area contributed by atoms with Crippen molar-refractivity contribution in [3.8, 4) is 0 Å². The molecule has 0 atom stereocenters. The average molecular weight is 207 g/mol. The Labute approximate surface area is 81.2 Å². The average Bonchev–Trinajstić information content (AvgIpc) is 2.84. The maximum absolute atomic E-state index is 11.8. The molecule has 14 heavy (non-hydrogen) atoms. The number of hydrogen-bond acceptors (Lipinski definition) is 3. The quantitative estimate of drug-likeness (QED) is 0.260. The minimum atomic E-state index is -2.32. The molecule has 1 aliphatic carbocycles. The first-order chi connectivity index (χ1) is 6.58. The SMILES string of the molecule is NC(CC1(CNCC(F)F)CC1)=NO. The summed E-state index contributed by atoms with van der Waals surface area (Å²) in [6.07, 6.45) is 0.0354. The number of rotatable bonds is 6. The number of nitrogens with zero attached hydrogens (tertiary/aromatic N) is 1. The van der Waals surface area contributed by atoms with E-state index in [4.69, 9.17) is 10.9 Å². The summed E-state index contributed by atoms with van der Waals surface area (Å²) in [5.41, 5.74) is 5.30. The zero-order valence-corrected chi connectivity index (χ0v) is 7.84. The lowest BCUT2D eigenvalue weighted by molar-refractivity contribution is 0.143. The monoisotopic (exact) mass is 207 g/mol. The second-order valence-corrected chi connectivity index (χ2v) is 3.79. The Morgan fingerprint density at radius 1 is 1.57 bits per heavy atom. The van der Waals surface area contributed by atoms with Gasteiger partial charge in [-0.25, -0.2) is 8.78 Å². The molecule has 0 aromatic heterocycles. The molecule has 4 N–H and O–H groups in total. The topological polar surface area (TPSA) is 70.6 Å². The van der Waals surface area contributed by atoms with Gasteiger partial charge in [-0.15, -0.1) is 0 Å². The molecule has 0 amide bonds. The molecule has 6 heteroatoms. The van der Waals surface area contributed by atoms with Crippen LogP contribution in [0.4, 0.5) is 8.78 Å². The van der Waals surface area contributed by atoms with E-state index in [0.717, 1.165) is 12.8 Å². The van der Waals surface area contributed by atoms with Crippen molar-refractivity contribution >= 4 is 5.84 Å². The van der Waals surface area contributed by atoms with Crippen LogP contribution in [0, 0.1) is 5.41 Å². The standard InChI is InChI=1S/C8H15F2N3O/c9-6(10)4-12-5-8(1-2-8)3-7(11)13-14/h6,12,14H,1-5H2,(H2,11,13). The summed E-state index contributed by atoms with van der Waals surface area (Å²) in [5.74, 6) is 0.168. The van der Waals surface area contributed by atoms with Crippen molar-refractivity contribution in [3.05, 3.63) is 0 Å². The summed E-state index contributed by atoms with van der Waals surface area (Å²) >= 11 is 0. The molecule has 0 heterocycles. The molecule has 4 nitrogen and oxygen atoms in total. The van der Waals surface area contributed by atoms with Crippen molar-refractivity contribution in [3.63, 3.8) is 0 Å². The van der Waals surface area contributed by atoms with Crippen LogP contribution in [-0.2, 0) is 0 Å². The third-order valence-electron chi connectivity index (χ3n) is 2.44. The summed E-state index contributed by atoms with van der Waals surface area (Å²) in [7, 11) is 0. The number of halogens is 2. The van der Waals surface area contributed by atoms with Gasteiger partial charge in [-0.1, -0.05) is 5.16 Å². The van der Waals surface area contributed by atoms with E-state index >= 15 is 0 Å². The maximum atomic E-state index is 11.8. The van der Waals surface area contributed by atoms with Gasteiger partial charge in [0.05, 0.1) is 6.54 Å². The molecule has 0 bridgehead atoms. The Kier molecular flexibility index (Phi) is 3.62. The molecule has 0 aliphatic heterocycles. The maximum Gasteiger partial charge on any atom is 0.250 e. The van der Waals surface area contributed by atoms with Gasteiger partial charge in [-0.2, -0.15) is 0 Å². The molecule has 0 unspecified atom stereocenters. The lowest BCUT2D eigenvalue weighted by Gasteiger charge is -2.14. The van der Waals surface area contributed by atoms with Crippen LogP contribution < -0.4 is 11.1 Å². The lowest BCUT2D eigenvalue weighted by atomic mass is 10.0. The molecule has 0 aromatic rings. The van der Waals surface area contributed by atoms with Gasteiger partial charge in [0.15, 0.2) is 0 Å². The van der Waals surface area contributed by atoms with Crippen LogP contribution in [0.2, 0.25) is 0 Å². The van der Waals surface area contributed by atoms with Crippen LogP contribution in [-0.4, -0.2) is 30.6 Å². The fraction of sp³-hybridized carbons (Fsp3) is 0.875. The van der Waals surface area contributed by atoms with E-state index in [-0.39, 0.29) is 17.8 Å². The van der Waals surface area contributed by atoms with Gasteiger partial charge in [0.1, 0.15) is 5.84 Å². The normalized spacial score (nSPS) is 20.1. The smallest absolute Gasteiger partial charge is 0.250 e. The van der Waals surface area contributed by atoms with Crippen molar-refractivity contribution < 1.29 is 14.0 Å². The van der Waals surface area contributed by atoms with Crippen molar-refractivity contribution in [1.82, 2.24) is 5.32 Å². The number of nitrogens with two attached hydrogens (primary N) is 1. The minimum absolute atomic E-state index is 0.0504. The highest BCUT2D eigenvalue weighted by Gasteiger charge is 2.42. The van der Waals surface area contributed by atoms with Gasteiger partial charge in [0, 0.05) is 13.0 Å². The summed E-state index contributed by atoms with van der Waals surface area (Å²) in [5, 5.41) is 13.9. The van der Waals surface area contributed by atoms with Crippen LogP contribution in [0.15, 0.2) is 5.16 Å². The van der Waals surface area contributed by atoms with Crippen LogP contribution in [0.1, 0.15) is 19.3 Å². The first-order valence-electron chi connectivity index (χ1n) is 4.53. The Morgan fingerprint density at radius 2 is 2.21 bits per heavy atom. The zero-order chi connectivity index (χ0) is 10.6. The van der Waals surface area contributed by atoms with Crippen molar-refractivity contribution in [2.75, 3.05) is 13.1 Å². The Hall–Kier alpha value is -0.910. The molecule has 1 aliphatic rings. The van der Waals surface area contributed by atoms with Crippen LogP contribution >= 0.6 is 0 Å². The summed E-state index contributed by atoms with van der Waals surface area (Å²) in [4.78, 5) is 0. The molecule has 0 spiro atoms. The van der Waals surface area contributed by atoms with E-state index in [1.807, 2.05) is 0 Å². The molecule has 0 saturated heterocycles. The van der Waals surface area contributed by atoms with E-state index < -0.39 is 6.43 Å². The van der Waals surface area contributed by atoms with Gasteiger partial charge in [-0.3, -0.25) is 0 Å². The molecule has 1 saturated carbocycles. The largest absolute Gasteiger partial charge is 0.409 e. The van der Waals surface area contributed by atoms with Crippen LogP contribution in [0.25, 0.3) is 0 Å². The molecule has 0 aromatic carbocycles. The number of nitrogens with one attached hydrogen (secondary N) is 1. The number of hydrogen-bond donors (Lipinski definition) is 3. The first-order valence-corrected chi connectivity index (χ1v) is 4.53. The van der Waals surface area contributed by atoms with Gasteiger partial charge in [-0.05, 0) is 18.3 Å². The van der Waals surface area contributed by atoms with Gasteiger partial charge < -0.3 is 16.3 Å². The molecule has 0 radical (unpaired) electrons. The van der Waals surface area contributed by atoms with E-state index in [0.29, 0.717) is 13.0 Å². The fourth-order valence-corrected chi connectivity index (χ4v) is 1.46. The molecule has 82 valence electrons. The highest BCUT2D eigenvalue weighted by molar-refractivity contribution is 5.80. The molecular weight excluding hydrogens is 192 g/mol. The second kappa shape index (κ2) is 4.54.